The Labute approximate surface area is 218 Å². The number of ether oxygens (including phenoxy) is 2. The molecule has 3 aromatic heterocycles. The van der Waals surface area contributed by atoms with Gasteiger partial charge in [-0.1, -0.05) is 0 Å². The lowest BCUT2D eigenvalue weighted by molar-refractivity contribution is 0.0322. The summed E-state index contributed by atoms with van der Waals surface area (Å²) in [5.74, 6) is 1.60. The minimum Gasteiger partial charge on any atom is -0.491 e. The number of hydrogen-bond donors (Lipinski definition) is 0. The fourth-order valence-electron chi connectivity index (χ4n) is 4.89. The lowest BCUT2D eigenvalue weighted by Gasteiger charge is -2.31. The second-order valence-electron chi connectivity index (χ2n) is 9.77. The predicted octanol–water partition coefficient (Wildman–Crippen LogP) is 2.68. The first-order valence-electron chi connectivity index (χ1n) is 12.6. The number of morpholine rings is 1. The number of nitriles is 1. The van der Waals surface area contributed by atoms with Crippen molar-refractivity contribution in [2.45, 2.75) is 18.9 Å². The SMILES string of the molecule is CS(C)(=O)=NC1CCN(c2ccc(-c3cc(OCCN4CCOCC4)cn4ncc(C#N)c34)cn2)CC1. The highest BCUT2D eigenvalue weighted by Crippen LogP contribution is 2.31. The molecule has 3 aromatic rings. The maximum Gasteiger partial charge on any atom is 0.138 e. The monoisotopic (exact) mass is 523 g/mol. The number of aromatic nitrogens is 3. The molecule has 0 bridgehead atoms. The van der Waals surface area contributed by atoms with Crippen molar-refractivity contribution < 1.29 is 13.7 Å². The van der Waals surface area contributed by atoms with Crippen molar-refractivity contribution in [2.24, 2.45) is 4.36 Å². The standard InChI is InChI=1S/C26H33N7O3S/c1-37(2,34)30-22-5-7-32(8-6-22)25-4-3-20(17-28-25)24-15-23(19-33-26(24)21(16-27)18-29-33)36-14-11-31-9-12-35-13-10-31/h3-4,15,17-19,22H,5-14H2,1-2H3. The van der Waals surface area contributed by atoms with Gasteiger partial charge in [0.25, 0.3) is 0 Å². The van der Waals surface area contributed by atoms with Crippen LogP contribution in [0.25, 0.3) is 16.6 Å². The summed E-state index contributed by atoms with van der Waals surface area (Å²) in [4.78, 5) is 9.31. The third-order valence-electron chi connectivity index (χ3n) is 6.74. The molecule has 2 aliphatic rings. The number of anilines is 1. The molecule has 0 amide bonds. The van der Waals surface area contributed by atoms with E-state index in [0.29, 0.717) is 17.9 Å². The summed E-state index contributed by atoms with van der Waals surface area (Å²) < 4.78 is 29.7. The molecule has 5 rings (SSSR count). The van der Waals surface area contributed by atoms with Crippen LogP contribution in [-0.4, -0.2) is 94.8 Å². The van der Waals surface area contributed by atoms with E-state index in [1.807, 2.05) is 30.6 Å². The minimum atomic E-state index is -2.08. The molecule has 2 aliphatic heterocycles. The van der Waals surface area contributed by atoms with Crippen LogP contribution in [0.1, 0.15) is 18.4 Å². The van der Waals surface area contributed by atoms with Crippen molar-refractivity contribution in [3.63, 3.8) is 0 Å². The molecule has 0 radical (unpaired) electrons. The van der Waals surface area contributed by atoms with Gasteiger partial charge in [0, 0.05) is 72.3 Å². The second-order valence-corrected chi connectivity index (χ2v) is 12.3. The molecule has 0 N–H and O–H groups in total. The van der Waals surface area contributed by atoms with Gasteiger partial charge in [-0.25, -0.2) is 13.9 Å². The van der Waals surface area contributed by atoms with Crippen molar-refractivity contribution in [1.82, 2.24) is 19.5 Å². The molecule has 0 spiro atoms. The molecular formula is C26H33N7O3S. The summed E-state index contributed by atoms with van der Waals surface area (Å²) in [6.07, 6.45) is 10.4. The van der Waals surface area contributed by atoms with Crippen LogP contribution >= 0.6 is 0 Å². The van der Waals surface area contributed by atoms with Gasteiger partial charge < -0.3 is 14.4 Å². The smallest absolute Gasteiger partial charge is 0.138 e. The molecular weight excluding hydrogens is 490 g/mol. The Hall–Kier alpha value is -3.20. The van der Waals surface area contributed by atoms with E-state index >= 15 is 0 Å². The molecule has 10 nitrogen and oxygen atoms in total. The quantitative estimate of drug-likeness (QED) is 0.465. The highest BCUT2D eigenvalue weighted by molar-refractivity contribution is 7.92. The third kappa shape index (κ3) is 6.21. The number of hydrogen-bond acceptors (Lipinski definition) is 9. The Morgan fingerprint density at radius 2 is 1.97 bits per heavy atom. The second kappa shape index (κ2) is 11.0. The maximum absolute atomic E-state index is 12.0. The van der Waals surface area contributed by atoms with Crippen molar-refractivity contribution in [1.29, 1.82) is 5.26 Å². The van der Waals surface area contributed by atoms with Gasteiger partial charge in [0.1, 0.15) is 24.2 Å². The van der Waals surface area contributed by atoms with Gasteiger partial charge in [0.05, 0.1) is 42.7 Å². The zero-order valence-electron chi connectivity index (χ0n) is 21.4. The number of piperidine rings is 1. The Balaban J connectivity index is 1.33. The average molecular weight is 524 g/mol. The van der Waals surface area contributed by atoms with Crippen LogP contribution in [0.3, 0.4) is 0 Å². The summed E-state index contributed by atoms with van der Waals surface area (Å²) in [7, 11) is -2.08. The van der Waals surface area contributed by atoms with Gasteiger partial charge in [-0.15, -0.1) is 0 Å². The lowest BCUT2D eigenvalue weighted by Crippen LogP contribution is -2.38. The van der Waals surface area contributed by atoms with E-state index in [4.69, 9.17) is 14.5 Å². The molecule has 196 valence electrons. The van der Waals surface area contributed by atoms with Gasteiger partial charge in [0.15, 0.2) is 0 Å². The molecule has 0 saturated carbocycles. The molecule has 2 saturated heterocycles. The predicted molar refractivity (Wildman–Crippen MR) is 144 cm³/mol. The van der Waals surface area contributed by atoms with E-state index in [0.717, 1.165) is 81.2 Å². The Morgan fingerprint density at radius 3 is 2.65 bits per heavy atom. The van der Waals surface area contributed by atoms with Crippen molar-refractivity contribution >= 4 is 21.1 Å². The molecule has 0 atom stereocenters. The number of rotatable bonds is 7. The van der Waals surface area contributed by atoms with Gasteiger partial charge in [-0.2, -0.15) is 10.4 Å². The first-order valence-corrected chi connectivity index (χ1v) is 14.9. The van der Waals surface area contributed by atoms with Crippen LogP contribution in [0.15, 0.2) is 41.2 Å². The largest absolute Gasteiger partial charge is 0.491 e. The molecule has 11 heteroatoms. The average Bonchev–Trinajstić information content (AvgIpc) is 3.32. The summed E-state index contributed by atoms with van der Waals surface area (Å²) >= 11 is 0. The molecule has 0 aliphatic carbocycles. The van der Waals surface area contributed by atoms with E-state index < -0.39 is 9.73 Å². The van der Waals surface area contributed by atoms with Gasteiger partial charge in [0.2, 0.25) is 0 Å². The minimum absolute atomic E-state index is 0.142. The zero-order valence-corrected chi connectivity index (χ0v) is 22.2. The van der Waals surface area contributed by atoms with E-state index in [2.05, 4.69) is 25.3 Å². The van der Waals surface area contributed by atoms with E-state index in [1.54, 1.807) is 23.2 Å². The van der Waals surface area contributed by atoms with Crippen LogP contribution in [0.2, 0.25) is 0 Å². The van der Waals surface area contributed by atoms with E-state index in [9.17, 15) is 9.47 Å². The van der Waals surface area contributed by atoms with Gasteiger partial charge >= 0.3 is 0 Å². The Kier molecular flexibility index (Phi) is 7.60. The number of pyridine rings is 2. The zero-order chi connectivity index (χ0) is 25.8. The first-order chi connectivity index (χ1) is 17.9. The van der Waals surface area contributed by atoms with Gasteiger partial charge in [-0.3, -0.25) is 9.11 Å². The summed E-state index contributed by atoms with van der Waals surface area (Å²) in [5.41, 5.74) is 3.00. The van der Waals surface area contributed by atoms with E-state index in [-0.39, 0.29) is 6.04 Å². The molecule has 2 fully saturated rings. The fourth-order valence-corrected chi connectivity index (χ4v) is 5.82. The Morgan fingerprint density at radius 1 is 1.19 bits per heavy atom. The third-order valence-corrected chi connectivity index (χ3v) is 7.54. The number of fused-ring (bicyclic) bond motifs is 1. The van der Waals surface area contributed by atoms with Gasteiger partial charge in [-0.05, 0) is 31.0 Å². The highest BCUT2D eigenvalue weighted by Gasteiger charge is 2.21. The van der Waals surface area contributed by atoms with Crippen molar-refractivity contribution in [2.75, 3.05) is 70.0 Å². The lowest BCUT2D eigenvalue weighted by atomic mass is 10.0. The molecule has 37 heavy (non-hydrogen) atoms. The van der Waals surface area contributed by atoms with Crippen LogP contribution in [0.4, 0.5) is 5.82 Å². The summed E-state index contributed by atoms with van der Waals surface area (Å²) in [5, 5.41) is 14.0. The maximum atomic E-state index is 12.0. The molecule has 0 unspecified atom stereocenters. The van der Waals surface area contributed by atoms with Crippen LogP contribution in [0.5, 0.6) is 5.75 Å². The fraction of sp³-hybridized carbons (Fsp3) is 0.500. The van der Waals surface area contributed by atoms with Crippen molar-refractivity contribution in [3.05, 3.63) is 42.4 Å². The van der Waals surface area contributed by atoms with Crippen LogP contribution in [0, 0.1) is 11.3 Å². The van der Waals surface area contributed by atoms with E-state index in [1.165, 1.54) is 0 Å². The molecule has 0 aromatic carbocycles. The Bertz CT molecular complexity index is 1380. The first kappa shape index (κ1) is 25.4. The topological polar surface area (TPSA) is 108 Å². The number of nitrogens with zero attached hydrogens (tertiary/aromatic N) is 7. The highest BCUT2D eigenvalue weighted by atomic mass is 32.2. The molecule has 5 heterocycles. The summed E-state index contributed by atoms with van der Waals surface area (Å²) in [6, 6.07) is 8.40. The van der Waals surface area contributed by atoms with Crippen LogP contribution < -0.4 is 9.64 Å². The summed E-state index contributed by atoms with van der Waals surface area (Å²) in [6.45, 7) is 6.39. The normalized spacial score (nSPS) is 17.6. The van der Waals surface area contributed by atoms with Crippen molar-refractivity contribution in [3.8, 4) is 22.9 Å². The van der Waals surface area contributed by atoms with Crippen LogP contribution in [-0.2, 0) is 14.5 Å².